The highest BCUT2D eigenvalue weighted by Crippen LogP contribution is 2.44. The molecule has 3 nitrogen and oxygen atoms in total. The maximum Gasteiger partial charge on any atom is 0.183 e. The van der Waals surface area contributed by atoms with Crippen molar-refractivity contribution in [1.82, 2.24) is 0 Å². The van der Waals surface area contributed by atoms with Crippen molar-refractivity contribution in [3.05, 3.63) is 59.7 Å². The first-order valence-electron chi connectivity index (χ1n) is 12.5. The van der Waals surface area contributed by atoms with E-state index in [4.69, 9.17) is 9.47 Å². The van der Waals surface area contributed by atoms with Crippen molar-refractivity contribution in [3.8, 4) is 17.2 Å². The van der Waals surface area contributed by atoms with Crippen LogP contribution in [0.15, 0.2) is 48.5 Å². The molecule has 1 aliphatic carbocycles. The largest absolute Gasteiger partial charge is 0.348 e. The molecule has 1 heterocycles. The maximum absolute atomic E-state index is 9.54. The van der Waals surface area contributed by atoms with Gasteiger partial charge in [-0.25, -0.2) is 0 Å². The van der Waals surface area contributed by atoms with Crippen LogP contribution < -0.4 is 0 Å². The highest BCUT2D eigenvalue weighted by molar-refractivity contribution is 5.64. The van der Waals surface area contributed by atoms with Crippen LogP contribution in [-0.4, -0.2) is 13.2 Å². The summed E-state index contributed by atoms with van der Waals surface area (Å²) in [7, 11) is 0. The van der Waals surface area contributed by atoms with Crippen LogP contribution in [0.1, 0.15) is 88.5 Å². The third kappa shape index (κ3) is 5.25. The smallest absolute Gasteiger partial charge is 0.183 e. The van der Waals surface area contributed by atoms with Gasteiger partial charge in [0.25, 0.3) is 0 Å². The molecule has 2 aliphatic rings. The van der Waals surface area contributed by atoms with Crippen LogP contribution in [0.3, 0.4) is 0 Å². The minimum Gasteiger partial charge on any atom is -0.348 e. The van der Waals surface area contributed by atoms with Gasteiger partial charge in [-0.1, -0.05) is 75.2 Å². The van der Waals surface area contributed by atoms with E-state index in [0.717, 1.165) is 50.9 Å². The van der Waals surface area contributed by atoms with Crippen LogP contribution in [0.2, 0.25) is 0 Å². The summed E-state index contributed by atoms with van der Waals surface area (Å²) in [5.74, 6) is 1.12. The first kappa shape index (κ1) is 23.0. The monoisotopic (exact) mass is 431 g/mol. The first-order chi connectivity index (χ1) is 15.7. The summed E-state index contributed by atoms with van der Waals surface area (Å²) in [5, 5.41) is 9.54. The third-order valence-electron chi connectivity index (χ3n) is 7.69. The Kier molecular flexibility index (Phi) is 7.66. The molecule has 0 spiro atoms. The lowest BCUT2D eigenvalue weighted by molar-refractivity contribution is -0.206. The molecule has 0 unspecified atom stereocenters. The molecule has 2 fully saturated rings. The second-order valence-corrected chi connectivity index (χ2v) is 9.77. The highest BCUT2D eigenvalue weighted by atomic mass is 16.7. The predicted octanol–water partition coefficient (Wildman–Crippen LogP) is 7.78. The van der Waals surface area contributed by atoms with Crippen molar-refractivity contribution in [1.29, 1.82) is 5.26 Å². The van der Waals surface area contributed by atoms with E-state index in [2.05, 4.69) is 68.4 Å². The summed E-state index contributed by atoms with van der Waals surface area (Å²) in [6.45, 7) is 5.97. The van der Waals surface area contributed by atoms with Crippen LogP contribution in [-0.2, 0) is 9.47 Å². The molecule has 32 heavy (non-hydrogen) atoms. The standard InChI is InChI=1S/C29H37NO2/c1-3-5-6-22-19-31-28(32-20-22)27-13-11-24(12-14-27)23-7-9-25(10-8-23)26-15-17-29(4-2,21-30)18-16-26/h7-14,22,26,28H,3-6,15-20H2,1-2H3. The third-order valence-corrected chi connectivity index (χ3v) is 7.69. The Balaban J connectivity index is 1.34. The summed E-state index contributed by atoms with van der Waals surface area (Å²) < 4.78 is 12.0. The number of nitrogens with zero attached hydrogens (tertiary/aromatic N) is 1. The van der Waals surface area contributed by atoms with Gasteiger partial charge >= 0.3 is 0 Å². The van der Waals surface area contributed by atoms with E-state index in [9.17, 15) is 5.26 Å². The molecular weight excluding hydrogens is 394 g/mol. The van der Waals surface area contributed by atoms with Gasteiger partial charge in [-0.2, -0.15) is 5.26 Å². The lowest BCUT2D eigenvalue weighted by Gasteiger charge is -2.34. The van der Waals surface area contributed by atoms with Crippen LogP contribution in [0.4, 0.5) is 0 Å². The number of hydrogen-bond acceptors (Lipinski definition) is 3. The number of unbranched alkanes of at least 4 members (excludes halogenated alkanes) is 1. The van der Waals surface area contributed by atoms with E-state index in [1.165, 1.54) is 36.0 Å². The first-order valence-corrected chi connectivity index (χ1v) is 12.5. The molecule has 2 aromatic rings. The van der Waals surface area contributed by atoms with Gasteiger partial charge in [0.05, 0.1) is 24.7 Å². The topological polar surface area (TPSA) is 42.2 Å². The molecule has 1 saturated heterocycles. The molecular formula is C29H37NO2. The lowest BCUT2D eigenvalue weighted by atomic mass is 9.68. The van der Waals surface area contributed by atoms with E-state index in [1.807, 2.05) is 0 Å². The van der Waals surface area contributed by atoms with Gasteiger partial charge in [0.15, 0.2) is 6.29 Å². The molecule has 0 bridgehead atoms. The Morgan fingerprint density at radius 2 is 1.44 bits per heavy atom. The van der Waals surface area contributed by atoms with E-state index in [1.54, 1.807) is 0 Å². The van der Waals surface area contributed by atoms with E-state index in [-0.39, 0.29) is 11.7 Å². The van der Waals surface area contributed by atoms with Crippen molar-refractivity contribution in [3.63, 3.8) is 0 Å². The zero-order valence-electron chi connectivity index (χ0n) is 19.7. The van der Waals surface area contributed by atoms with Gasteiger partial charge in [-0.3, -0.25) is 0 Å². The van der Waals surface area contributed by atoms with Crippen LogP contribution in [0.5, 0.6) is 0 Å². The summed E-state index contributed by atoms with van der Waals surface area (Å²) >= 11 is 0. The molecule has 170 valence electrons. The molecule has 3 heteroatoms. The Morgan fingerprint density at radius 1 is 0.875 bits per heavy atom. The Hall–Kier alpha value is -2.15. The fourth-order valence-corrected chi connectivity index (χ4v) is 5.22. The average Bonchev–Trinajstić information content (AvgIpc) is 2.88. The van der Waals surface area contributed by atoms with Crippen molar-refractivity contribution in [2.75, 3.05) is 13.2 Å². The Labute approximate surface area is 193 Å². The van der Waals surface area contributed by atoms with Gasteiger partial charge in [0, 0.05) is 11.5 Å². The number of benzene rings is 2. The average molecular weight is 432 g/mol. The van der Waals surface area contributed by atoms with Crippen molar-refractivity contribution in [2.24, 2.45) is 11.3 Å². The minimum atomic E-state index is -0.237. The zero-order chi connectivity index (χ0) is 22.4. The molecule has 0 radical (unpaired) electrons. The maximum atomic E-state index is 9.54. The van der Waals surface area contributed by atoms with Gasteiger partial charge in [0.1, 0.15) is 0 Å². The number of hydrogen-bond donors (Lipinski definition) is 0. The van der Waals surface area contributed by atoms with E-state index in [0.29, 0.717) is 11.8 Å². The summed E-state index contributed by atoms with van der Waals surface area (Å²) in [6.07, 6.45) is 8.69. The van der Waals surface area contributed by atoms with Gasteiger partial charge < -0.3 is 9.47 Å². The van der Waals surface area contributed by atoms with E-state index < -0.39 is 0 Å². The van der Waals surface area contributed by atoms with Crippen LogP contribution in [0, 0.1) is 22.7 Å². The number of rotatable bonds is 7. The molecule has 1 saturated carbocycles. The lowest BCUT2D eigenvalue weighted by Crippen LogP contribution is -2.27. The molecule has 0 N–H and O–H groups in total. The molecule has 0 amide bonds. The molecule has 2 aromatic carbocycles. The minimum absolute atomic E-state index is 0.0830. The Morgan fingerprint density at radius 3 is 1.94 bits per heavy atom. The normalized spacial score (nSPS) is 28.2. The van der Waals surface area contributed by atoms with E-state index >= 15 is 0 Å². The van der Waals surface area contributed by atoms with Crippen LogP contribution in [0.25, 0.3) is 11.1 Å². The molecule has 1 aliphatic heterocycles. The summed E-state index contributed by atoms with van der Waals surface area (Å²) in [4.78, 5) is 0. The van der Waals surface area contributed by atoms with Gasteiger partial charge in [0.2, 0.25) is 0 Å². The quantitative estimate of drug-likeness (QED) is 0.449. The second-order valence-electron chi connectivity index (χ2n) is 9.77. The molecule has 0 atom stereocenters. The SMILES string of the molecule is CCCCC1COC(c2ccc(-c3ccc(C4CCC(C#N)(CC)CC4)cc3)cc2)OC1. The second kappa shape index (κ2) is 10.6. The molecule has 4 rings (SSSR count). The number of nitriles is 1. The Bertz CT molecular complexity index is 880. The fraction of sp³-hybridized carbons (Fsp3) is 0.552. The summed E-state index contributed by atoms with van der Waals surface area (Å²) in [5.41, 5.74) is 4.88. The number of ether oxygens (including phenoxy) is 2. The van der Waals surface area contributed by atoms with Gasteiger partial charge in [-0.05, 0) is 61.1 Å². The van der Waals surface area contributed by atoms with Crippen molar-refractivity contribution < 1.29 is 9.47 Å². The molecule has 0 aromatic heterocycles. The van der Waals surface area contributed by atoms with Crippen molar-refractivity contribution in [2.45, 2.75) is 77.4 Å². The van der Waals surface area contributed by atoms with Crippen molar-refractivity contribution >= 4 is 0 Å². The summed E-state index contributed by atoms with van der Waals surface area (Å²) in [6, 6.07) is 20.2. The fourth-order valence-electron chi connectivity index (χ4n) is 5.22. The zero-order valence-corrected chi connectivity index (χ0v) is 19.7. The van der Waals surface area contributed by atoms with Gasteiger partial charge in [-0.15, -0.1) is 0 Å². The highest BCUT2D eigenvalue weighted by Gasteiger charge is 2.34. The van der Waals surface area contributed by atoms with Crippen LogP contribution >= 0.6 is 0 Å². The predicted molar refractivity (Wildman–Crippen MR) is 129 cm³/mol.